The fraction of sp³-hybridized carbons (Fsp3) is 0.722. The molecule has 3 heterocycles. The van der Waals surface area contributed by atoms with Gasteiger partial charge in [0, 0.05) is 25.2 Å². The van der Waals surface area contributed by atoms with E-state index in [1.807, 2.05) is 0 Å². The van der Waals surface area contributed by atoms with Crippen LogP contribution in [0.1, 0.15) is 31.2 Å². The summed E-state index contributed by atoms with van der Waals surface area (Å²) in [7, 11) is 0. The Hall–Kier alpha value is -1.16. The average molecular weight is 407 g/mol. The molecule has 2 atom stereocenters. The van der Waals surface area contributed by atoms with Gasteiger partial charge >= 0.3 is 12.1 Å². The van der Waals surface area contributed by atoms with Crippen LogP contribution in [0.4, 0.5) is 13.2 Å². The molecule has 0 spiro atoms. The van der Waals surface area contributed by atoms with E-state index < -0.39 is 12.1 Å². The Labute approximate surface area is 160 Å². The number of carboxylic acid groups (broad SMARTS) is 1. The van der Waals surface area contributed by atoms with Crippen LogP contribution < -0.4 is 0 Å². The van der Waals surface area contributed by atoms with Gasteiger partial charge in [0.2, 0.25) is 0 Å². The maximum absolute atomic E-state index is 10.6. The largest absolute Gasteiger partial charge is 0.490 e. The number of alkyl halides is 3. The molecule has 152 valence electrons. The van der Waals surface area contributed by atoms with Crippen molar-refractivity contribution in [3.05, 3.63) is 22.4 Å². The third-order valence-electron chi connectivity index (χ3n) is 5.08. The van der Waals surface area contributed by atoms with Crippen LogP contribution in [-0.2, 0) is 20.8 Å². The molecule has 2 saturated heterocycles. The Balaban J connectivity index is 0.000000260. The molecule has 1 aliphatic carbocycles. The molecule has 2 unspecified atom stereocenters. The maximum atomic E-state index is 10.6. The second-order valence-corrected chi connectivity index (χ2v) is 8.10. The highest BCUT2D eigenvalue weighted by Crippen LogP contribution is 2.34. The Kier molecular flexibility index (Phi) is 6.78. The zero-order valence-electron chi connectivity index (χ0n) is 14.9. The molecular weight excluding hydrogens is 383 g/mol. The number of carbonyl (C=O) groups is 1. The summed E-state index contributed by atoms with van der Waals surface area (Å²) in [5, 5.41) is 11.6. The highest BCUT2D eigenvalue weighted by molar-refractivity contribution is 7.07. The SMILES string of the molecule is O=C(O)C(F)(F)F.c1cc(CN2C3COCC2CC(OCC2CC2)C3)cs1. The lowest BCUT2D eigenvalue weighted by atomic mass is 9.91. The number of halogens is 3. The van der Waals surface area contributed by atoms with E-state index in [1.165, 1.54) is 18.4 Å². The zero-order chi connectivity index (χ0) is 19.4. The van der Waals surface area contributed by atoms with Gasteiger partial charge < -0.3 is 14.6 Å². The van der Waals surface area contributed by atoms with Crippen LogP contribution in [-0.4, -0.2) is 60.2 Å². The number of carboxylic acids is 1. The summed E-state index contributed by atoms with van der Waals surface area (Å²) in [5.41, 5.74) is 1.45. The lowest BCUT2D eigenvalue weighted by molar-refractivity contribution is -0.192. The molecule has 5 nitrogen and oxygen atoms in total. The summed E-state index contributed by atoms with van der Waals surface area (Å²) < 4.78 is 43.7. The van der Waals surface area contributed by atoms with Gasteiger partial charge in [-0.3, -0.25) is 4.90 Å². The molecule has 0 amide bonds. The molecule has 2 aliphatic heterocycles. The van der Waals surface area contributed by atoms with E-state index in [0.717, 1.165) is 45.1 Å². The van der Waals surface area contributed by atoms with Crippen LogP contribution in [0.25, 0.3) is 0 Å². The molecule has 1 aromatic rings. The molecule has 27 heavy (non-hydrogen) atoms. The molecular formula is C18H24F3NO4S. The summed E-state index contributed by atoms with van der Waals surface area (Å²) >= 11 is 1.79. The first-order chi connectivity index (χ1) is 12.8. The number of morpholine rings is 1. The van der Waals surface area contributed by atoms with Gasteiger partial charge in [-0.25, -0.2) is 4.79 Å². The summed E-state index contributed by atoms with van der Waals surface area (Å²) in [6, 6.07) is 3.34. The van der Waals surface area contributed by atoms with Crippen molar-refractivity contribution < 1.29 is 32.5 Å². The number of hydrogen-bond donors (Lipinski definition) is 1. The second-order valence-electron chi connectivity index (χ2n) is 7.32. The molecule has 0 radical (unpaired) electrons. The Morgan fingerprint density at radius 2 is 1.93 bits per heavy atom. The van der Waals surface area contributed by atoms with Crippen LogP contribution >= 0.6 is 11.3 Å². The van der Waals surface area contributed by atoms with E-state index in [0.29, 0.717) is 18.2 Å². The lowest BCUT2D eigenvalue weighted by Gasteiger charge is -2.48. The number of thiophene rings is 1. The van der Waals surface area contributed by atoms with E-state index >= 15 is 0 Å². The summed E-state index contributed by atoms with van der Waals surface area (Å²) in [4.78, 5) is 11.6. The minimum absolute atomic E-state index is 0.466. The third-order valence-corrected chi connectivity index (χ3v) is 5.81. The Bertz CT molecular complexity index is 592. The number of aliphatic carboxylic acids is 1. The summed E-state index contributed by atoms with van der Waals surface area (Å²) in [6.07, 6.45) is 0.439. The van der Waals surface area contributed by atoms with E-state index in [2.05, 4.69) is 21.7 Å². The third kappa shape index (κ3) is 6.17. The fourth-order valence-corrected chi connectivity index (χ4v) is 4.14. The molecule has 1 N–H and O–H groups in total. The van der Waals surface area contributed by atoms with Gasteiger partial charge in [0.05, 0.1) is 19.3 Å². The molecule has 9 heteroatoms. The van der Waals surface area contributed by atoms with Crippen molar-refractivity contribution in [3.63, 3.8) is 0 Å². The van der Waals surface area contributed by atoms with Gasteiger partial charge in [0.1, 0.15) is 0 Å². The Morgan fingerprint density at radius 3 is 2.41 bits per heavy atom. The maximum Gasteiger partial charge on any atom is 0.490 e. The Morgan fingerprint density at radius 1 is 1.30 bits per heavy atom. The first kappa shape index (κ1) is 20.6. The minimum Gasteiger partial charge on any atom is -0.475 e. The van der Waals surface area contributed by atoms with E-state index in [1.54, 1.807) is 11.3 Å². The summed E-state index contributed by atoms with van der Waals surface area (Å²) in [6.45, 7) is 3.83. The second kappa shape index (κ2) is 8.89. The van der Waals surface area contributed by atoms with Crippen molar-refractivity contribution in [2.75, 3.05) is 19.8 Å². The van der Waals surface area contributed by atoms with Crippen molar-refractivity contribution in [2.45, 2.75) is 56.6 Å². The van der Waals surface area contributed by atoms with E-state index in [9.17, 15) is 13.2 Å². The van der Waals surface area contributed by atoms with Crippen LogP contribution in [0, 0.1) is 5.92 Å². The zero-order valence-corrected chi connectivity index (χ0v) is 15.7. The van der Waals surface area contributed by atoms with Crippen LogP contribution in [0.5, 0.6) is 0 Å². The van der Waals surface area contributed by atoms with Gasteiger partial charge in [-0.1, -0.05) is 0 Å². The van der Waals surface area contributed by atoms with Crippen LogP contribution in [0.3, 0.4) is 0 Å². The molecule has 3 fully saturated rings. The van der Waals surface area contributed by atoms with Crippen molar-refractivity contribution in [1.29, 1.82) is 0 Å². The highest BCUT2D eigenvalue weighted by atomic mass is 32.1. The monoisotopic (exact) mass is 407 g/mol. The fourth-order valence-electron chi connectivity index (χ4n) is 3.48. The van der Waals surface area contributed by atoms with Crippen molar-refractivity contribution in [1.82, 2.24) is 4.90 Å². The van der Waals surface area contributed by atoms with Gasteiger partial charge in [-0.15, -0.1) is 0 Å². The van der Waals surface area contributed by atoms with E-state index in [4.69, 9.17) is 19.4 Å². The van der Waals surface area contributed by atoms with Crippen LogP contribution in [0.15, 0.2) is 16.8 Å². The van der Waals surface area contributed by atoms with Gasteiger partial charge in [0.15, 0.2) is 0 Å². The standard InChI is InChI=1S/C16H23NO2S.C2HF3O2/c1-2-12(1)8-19-16-5-14-9-18-10-15(6-16)17(14)7-13-3-4-20-11-13;3-2(4,5)1(6)7/h3-4,11-12,14-16H,1-2,5-10H2;(H,6,7). The predicted octanol–water partition coefficient (Wildman–Crippen LogP) is 3.54. The first-order valence-corrected chi connectivity index (χ1v) is 10.0. The number of nitrogens with zero attached hydrogens (tertiary/aromatic N) is 1. The minimum atomic E-state index is -5.08. The smallest absolute Gasteiger partial charge is 0.475 e. The van der Waals surface area contributed by atoms with Gasteiger partial charge in [0.25, 0.3) is 0 Å². The van der Waals surface area contributed by atoms with Crippen molar-refractivity contribution >= 4 is 17.3 Å². The molecule has 2 bridgehead atoms. The normalized spacial score (nSPS) is 28.3. The molecule has 0 aromatic carbocycles. The first-order valence-electron chi connectivity index (χ1n) is 9.09. The summed E-state index contributed by atoms with van der Waals surface area (Å²) in [5.74, 6) is -1.89. The molecule has 1 aromatic heterocycles. The van der Waals surface area contributed by atoms with Crippen molar-refractivity contribution in [2.24, 2.45) is 5.92 Å². The molecule has 4 rings (SSSR count). The quantitative estimate of drug-likeness (QED) is 0.809. The van der Waals surface area contributed by atoms with E-state index in [-0.39, 0.29) is 0 Å². The number of rotatable bonds is 5. The molecule has 1 saturated carbocycles. The van der Waals surface area contributed by atoms with Crippen molar-refractivity contribution in [3.8, 4) is 0 Å². The number of piperidine rings is 1. The predicted molar refractivity (Wildman–Crippen MR) is 93.6 cm³/mol. The number of hydrogen-bond acceptors (Lipinski definition) is 5. The number of ether oxygens (including phenoxy) is 2. The topological polar surface area (TPSA) is 59.0 Å². The van der Waals surface area contributed by atoms with Crippen LogP contribution in [0.2, 0.25) is 0 Å². The van der Waals surface area contributed by atoms with Gasteiger partial charge in [-0.05, 0) is 54.0 Å². The highest BCUT2D eigenvalue weighted by Gasteiger charge is 2.40. The average Bonchev–Trinajstić information content (AvgIpc) is 3.28. The lowest BCUT2D eigenvalue weighted by Crippen LogP contribution is -2.57. The van der Waals surface area contributed by atoms with Gasteiger partial charge in [-0.2, -0.15) is 24.5 Å². The molecule has 3 aliphatic rings. The number of fused-ring (bicyclic) bond motifs is 2.